The fourth-order valence-corrected chi connectivity index (χ4v) is 3.36. The van der Waals surface area contributed by atoms with E-state index in [1.165, 1.54) is 0 Å². The van der Waals surface area contributed by atoms with Gasteiger partial charge in [-0.2, -0.15) is 4.98 Å². The summed E-state index contributed by atoms with van der Waals surface area (Å²) in [5.41, 5.74) is 0.870. The first-order valence-corrected chi connectivity index (χ1v) is 9.53. The quantitative estimate of drug-likeness (QED) is 0.780. The summed E-state index contributed by atoms with van der Waals surface area (Å²) in [6.45, 7) is 4.72. The lowest BCUT2D eigenvalue weighted by molar-refractivity contribution is -0.127. The van der Waals surface area contributed by atoms with Crippen molar-refractivity contribution < 1.29 is 14.1 Å². The minimum absolute atomic E-state index is 0.0326. The molecule has 1 fully saturated rings. The van der Waals surface area contributed by atoms with Crippen LogP contribution >= 0.6 is 11.6 Å². The molecule has 27 heavy (non-hydrogen) atoms. The third kappa shape index (κ3) is 5.51. The van der Waals surface area contributed by atoms with Gasteiger partial charge in [-0.05, 0) is 57.1 Å². The molecule has 3 rings (SSSR count). The number of methoxy groups -OCH3 is 1. The molecule has 1 aromatic heterocycles. The minimum atomic E-state index is 0.0326. The van der Waals surface area contributed by atoms with E-state index in [-0.39, 0.29) is 17.9 Å². The van der Waals surface area contributed by atoms with E-state index in [0.717, 1.165) is 31.5 Å². The van der Waals surface area contributed by atoms with Gasteiger partial charge < -0.3 is 14.6 Å². The molecule has 1 unspecified atom stereocenters. The van der Waals surface area contributed by atoms with Gasteiger partial charge in [-0.1, -0.05) is 16.8 Å². The Bertz CT molecular complexity index is 742. The number of likely N-dealkylation sites (tertiary alicyclic amines) is 1. The number of hydrogen-bond donors (Lipinski definition) is 1. The zero-order chi connectivity index (χ0) is 19.2. The Morgan fingerprint density at radius 3 is 2.74 bits per heavy atom. The highest BCUT2D eigenvalue weighted by Crippen LogP contribution is 2.21. The Balaban J connectivity index is 1.48. The molecule has 7 nitrogen and oxygen atoms in total. The molecular formula is C19H25ClN4O3. The lowest BCUT2D eigenvalue weighted by Gasteiger charge is -2.30. The van der Waals surface area contributed by atoms with Crippen LogP contribution in [0, 0.1) is 5.92 Å². The molecule has 1 N–H and O–H groups in total. The molecule has 0 bridgehead atoms. The zero-order valence-corrected chi connectivity index (χ0v) is 16.4. The number of nitrogens with zero attached hydrogens (tertiary/aromatic N) is 3. The van der Waals surface area contributed by atoms with Crippen LogP contribution in [0.15, 0.2) is 28.8 Å². The van der Waals surface area contributed by atoms with Gasteiger partial charge in [0, 0.05) is 29.7 Å². The maximum absolute atomic E-state index is 12.3. The maximum Gasteiger partial charge on any atom is 0.241 e. The Labute approximate surface area is 164 Å². The molecule has 1 amide bonds. The second-order valence-corrected chi connectivity index (χ2v) is 7.37. The summed E-state index contributed by atoms with van der Waals surface area (Å²) in [7, 11) is 1.64. The summed E-state index contributed by atoms with van der Waals surface area (Å²) in [5, 5.41) is 7.72. The van der Waals surface area contributed by atoms with Crippen molar-refractivity contribution in [2.75, 3.05) is 26.8 Å². The number of amides is 1. The molecule has 0 radical (unpaired) electrons. The first-order chi connectivity index (χ1) is 13.0. The highest BCUT2D eigenvalue weighted by atomic mass is 35.5. The highest BCUT2D eigenvalue weighted by molar-refractivity contribution is 6.30. The predicted octanol–water partition coefficient (Wildman–Crippen LogP) is 2.75. The van der Waals surface area contributed by atoms with Crippen molar-refractivity contribution in [3.05, 3.63) is 35.2 Å². The molecule has 2 aromatic rings. The minimum Gasteiger partial charge on any atom is -0.383 e. The Morgan fingerprint density at radius 2 is 2.07 bits per heavy atom. The van der Waals surface area contributed by atoms with E-state index in [0.29, 0.717) is 29.9 Å². The number of piperidine rings is 1. The Morgan fingerprint density at radius 1 is 1.37 bits per heavy atom. The first-order valence-electron chi connectivity index (χ1n) is 9.15. The van der Waals surface area contributed by atoms with Crippen molar-refractivity contribution in [3.63, 3.8) is 0 Å². The van der Waals surface area contributed by atoms with Crippen molar-refractivity contribution in [2.45, 2.75) is 32.4 Å². The fraction of sp³-hybridized carbons (Fsp3) is 0.526. The molecule has 0 aliphatic carbocycles. The number of hydrogen-bond acceptors (Lipinski definition) is 6. The maximum atomic E-state index is 12.3. The first kappa shape index (κ1) is 19.8. The number of ether oxygens (including phenoxy) is 1. The predicted molar refractivity (Wildman–Crippen MR) is 102 cm³/mol. The van der Waals surface area contributed by atoms with Gasteiger partial charge in [0.2, 0.25) is 17.6 Å². The van der Waals surface area contributed by atoms with Crippen molar-refractivity contribution in [1.29, 1.82) is 0 Å². The number of carbonyl (C=O) groups excluding carboxylic acids is 1. The van der Waals surface area contributed by atoms with Gasteiger partial charge in [-0.15, -0.1) is 0 Å². The molecule has 1 aromatic carbocycles. The van der Waals surface area contributed by atoms with Crippen LogP contribution in [0.5, 0.6) is 0 Å². The van der Waals surface area contributed by atoms with Gasteiger partial charge in [0.1, 0.15) is 0 Å². The number of aromatic nitrogens is 2. The number of carbonyl (C=O) groups is 1. The van der Waals surface area contributed by atoms with Crippen molar-refractivity contribution in [1.82, 2.24) is 20.4 Å². The van der Waals surface area contributed by atoms with E-state index in [1.54, 1.807) is 19.2 Å². The smallest absolute Gasteiger partial charge is 0.241 e. The van der Waals surface area contributed by atoms with E-state index in [2.05, 4.69) is 20.4 Å². The summed E-state index contributed by atoms with van der Waals surface area (Å²) in [4.78, 5) is 19.0. The van der Waals surface area contributed by atoms with Crippen molar-refractivity contribution >= 4 is 17.5 Å². The lowest BCUT2D eigenvalue weighted by atomic mass is 9.95. The van der Waals surface area contributed by atoms with E-state index >= 15 is 0 Å². The number of benzene rings is 1. The van der Waals surface area contributed by atoms with Crippen molar-refractivity contribution in [2.24, 2.45) is 5.92 Å². The van der Waals surface area contributed by atoms with Crippen LogP contribution in [0.1, 0.15) is 25.7 Å². The SMILES string of the molecule is COCC(C)NC(=O)C1CCN(Cc2nc(-c3ccc(Cl)cc3)no2)CC1. The van der Waals surface area contributed by atoms with Gasteiger partial charge in [0.25, 0.3) is 0 Å². The fourth-order valence-electron chi connectivity index (χ4n) is 3.23. The van der Waals surface area contributed by atoms with E-state index in [1.807, 2.05) is 19.1 Å². The molecule has 1 aliphatic rings. The van der Waals surface area contributed by atoms with Gasteiger partial charge in [0.15, 0.2) is 0 Å². The largest absolute Gasteiger partial charge is 0.383 e. The molecule has 1 aliphatic heterocycles. The topological polar surface area (TPSA) is 80.5 Å². The molecule has 2 heterocycles. The second-order valence-electron chi connectivity index (χ2n) is 6.93. The number of nitrogens with one attached hydrogen (secondary N) is 1. The normalized spacial score (nSPS) is 17.0. The van der Waals surface area contributed by atoms with Crippen LogP contribution in [-0.4, -0.2) is 53.8 Å². The summed E-state index contributed by atoms with van der Waals surface area (Å²) in [6, 6.07) is 7.37. The van der Waals surface area contributed by atoms with Crippen molar-refractivity contribution in [3.8, 4) is 11.4 Å². The summed E-state index contributed by atoms with van der Waals surface area (Å²) in [5.74, 6) is 1.30. The second kappa shape index (κ2) is 9.30. The van der Waals surface area contributed by atoms with Crippen LogP contribution in [0.2, 0.25) is 5.02 Å². The highest BCUT2D eigenvalue weighted by Gasteiger charge is 2.26. The summed E-state index contributed by atoms with van der Waals surface area (Å²) < 4.78 is 10.4. The van der Waals surface area contributed by atoms with Crippen LogP contribution < -0.4 is 5.32 Å². The third-order valence-corrected chi connectivity index (χ3v) is 4.95. The van der Waals surface area contributed by atoms with E-state index < -0.39 is 0 Å². The Kier molecular flexibility index (Phi) is 6.82. The standard InChI is InChI=1S/C19H25ClN4O3/c1-13(12-26-2)21-19(25)15-7-9-24(10-8-15)11-17-22-18(23-27-17)14-3-5-16(20)6-4-14/h3-6,13,15H,7-12H2,1-2H3,(H,21,25). The lowest BCUT2D eigenvalue weighted by Crippen LogP contribution is -2.44. The molecule has 8 heteroatoms. The number of rotatable bonds is 7. The Hall–Kier alpha value is -1.96. The monoisotopic (exact) mass is 392 g/mol. The summed E-state index contributed by atoms with van der Waals surface area (Å²) >= 11 is 5.90. The van der Waals surface area contributed by atoms with Gasteiger partial charge >= 0.3 is 0 Å². The summed E-state index contributed by atoms with van der Waals surface area (Å²) in [6.07, 6.45) is 1.65. The van der Waals surface area contributed by atoms with E-state index in [4.69, 9.17) is 20.9 Å². The van der Waals surface area contributed by atoms with Crippen LogP contribution in [0.25, 0.3) is 11.4 Å². The van der Waals surface area contributed by atoms with Gasteiger partial charge in [-0.3, -0.25) is 9.69 Å². The average Bonchev–Trinajstić information content (AvgIpc) is 3.11. The molecule has 1 saturated heterocycles. The van der Waals surface area contributed by atoms with Crippen LogP contribution in [0.4, 0.5) is 0 Å². The average molecular weight is 393 g/mol. The molecule has 1 atom stereocenters. The van der Waals surface area contributed by atoms with E-state index in [9.17, 15) is 4.79 Å². The third-order valence-electron chi connectivity index (χ3n) is 4.69. The van der Waals surface area contributed by atoms with Gasteiger partial charge in [-0.25, -0.2) is 0 Å². The number of halogens is 1. The molecule has 0 spiro atoms. The molecule has 146 valence electrons. The van der Waals surface area contributed by atoms with Gasteiger partial charge in [0.05, 0.1) is 13.2 Å². The molecular weight excluding hydrogens is 368 g/mol. The zero-order valence-electron chi connectivity index (χ0n) is 15.7. The van der Waals surface area contributed by atoms with Crippen LogP contribution in [0.3, 0.4) is 0 Å². The molecule has 0 saturated carbocycles. The van der Waals surface area contributed by atoms with Crippen LogP contribution in [-0.2, 0) is 16.1 Å².